The molecule has 7 nitrogen and oxygen atoms in total. The fourth-order valence-electron chi connectivity index (χ4n) is 3.05. The average Bonchev–Trinajstić information content (AvgIpc) is 3.29. The van der Waals surface area contributed by atoms with Crippen LogP contribution < -0.4 is 5.32 Å². The van der Waals surface area contributed by atoms with E-state index in [4.69, 9.17) is 4.52 Å². The van der Waals surface area contributed by atoms with Gasteiger partial charge in [-0.25, -0.2) is 4.98 Å². The van der Waals surface area contributed by atoms with Gasteiger partial charge in [0.2, 0.25) is 5.91 Å². The Morgan fingerprint density at radius 3 is 2.59 bits per heavy atom. The summed E-state index contributed by atoms with van der Waals surface area (Å²) in [7, 11) is 0. The van der Waals surface area contributed by atoms with Crippen LogP contribution in [0.2, 0.25) is 0 Å². The van der Waals surface area contributed by atoms with Crippen LogP contribution in [0.1, 0.15) is 37.8 Å². The molecule has 0 aliphatic heterocycles. The standard InChI is InChI=1S/C22H23N5O2/c1-13-17-10-16(12-23-21(17)26-25-13)15-7-5-14(6-8-15)9-20(28)24-19-11-18(29-27-19)22(2,3)4/h5-8,10-12H,9H2,1-4H3,(H,23,25,26)(H,24,27,28). The van der Waals surface area contributed by atoms with E-state index in [-0.39, 0.29) is 17.7 Å². The van der Waals surface area contributed by atoms with Gasteiger partial charge in [0.15, 0.2) is 11.5 Å². The van der Waals surface area contributed by atoms with Crippen LogP contribution in [-0.2, 0) is 16.6 Å². The number of nitrogens with one attached hydrogen (secondary N) is 2. The van der Waals surface area contributed by atoms with Gasteiger partial charge in [-0.2, -0.15) is 5.10 Å². The van der Waals surface area contributed by atoms with Crippen molar-refractivity contribution in [3.05, 3.63) is 59.6 Å². The molecule has 1 amide bonds. The first-order chi connectivity index (χ1) is 13.8. The van der Waals surface area contributed by atoms with E-state index in [2.05, 4.69) is 31.7 Å². The number of benzene rings is 1. The monoisotopic (exact) mass is 389 g/mol. The number of pyridine rings is 1. The maximum Gasteiger partial charge on any atom is 0.230 e. The minimum absolute atomic E-state index is 0.136. The van der Waals surface area contributed by atoms with Crippen LogP contribution in [0.4, 0.5) is 5.82 Å². The van der Waals surface area contributed by atoms with E-state index in [0.29, 0.717) is 11.5 Å². The lowest BCUT2D eigenvalue weighted by Gasteiger charge is -2.12. The Hall–Kier alpha value is -3.48. The fourth-order valence-corrected chi connectivity index (χ4v) is 3.05. The number of nitrogens with zero attached hydrogens (tertiary/aromatic N) is 3. The topological polar surface area (TPSA) is 96.7 Å². The normalized spacial score (nSPS) is 11.7. The molecule has 2 N–H and O–H groups in total. The van der Waals surface area contributed by atoms with Crippen LogP contribution in [-0.4, -0.2) is 26.2 Å². The zero-order valence-electron chi connectivity index (χ0n) is 16.9. The molecule has 4 rings (SSSR count). The molecule has 148 valence electrons. The first-order valence-corrected chi connectivity index (χ1v) is 9.47. The number of H-pyrrole nitrogens is 1. The van der Waals surface area contributed by atoms with Gasteiger partial charge in [0, 0.05) is 34.3 Å². The summed E-state index contributed by atoms with van der Waals surface area (Å²) in [5, 5.41) is 14.8. The number of amides is 1. The second kappa shape index (κ2) is 7.16. The first kappa shape index (κ1) is 18.9. The van der Waals surface area contributed by atoms with E-state index in [1.54, 1.807) is 6.07 Å². The lowest BCUT2D eigenvalue weighted by atomic mass is 9.93. The van der Waals surface area contributed by atoms with E-state index < -0.39 is 0 Å². The van der Waals surface area contributed by atoms with Crippen LogP contribution in [0.15, 0.2) is 47.1 Å². The van der Waals surface area contributed by atoms with Gasteiger partial charge in [-0.15, -0.1) is 0 Å². The summed E-state index contributed by atoms with van der Waals surface area (Å²) < 4.78 is 5.30. The van der Waals surface area contributed by atoms with E-state index in [0.717, 1.165) is 33.5 Å². The van der Waals surface area contributed by atoms with Crippen LogP contribution in [0.25, 0.3) is 22.2 Å². The Bertz CT molecular complexity index is 1170. The summed E-state index contributed by atoms with van der Waals surface area (Å²) in [5.74, 6) is 1.03. The molecule has 3 heterocycles. The summed E-state index contributed by atoms with van der Waals surface area (Å²) in [4.78, 5) is 16.7. The molecule has 0 bridgehead atoms. The molecule has 0 unspecified atom stereocenters. The molecule has 0 radical (unpaired) electrons. The van der Waals surface area contributed by atoms with E-state index >= 15 is 0 Å². The number of aromatic amines is 1. The number of anilines is 1. The number of hydrogen-bond acceptors (Lipinski definition) is 5. The second-order valence-corrected chi connectivity index (χ2v) is 8.19. The van der Waals surface area contributed by atoms with E-state index in [1.165, 1.54) is 0 Å². The Balaban J connectivity index is 1.44. The maximum absolute atomic E-state index is 12.3. The molecule has 0 aliphatic carbocycles. The van der Waals surface area contributed by atoms with Crippen LogP contribution in [0.3, 0.4) is 0 Å². The van der Waals surface area contributed by atoms with Crippen molar-refractivity contribution in [2.75, 3.05) is 5.32 Å². The number of hydrogen-bond donors (Lipinski definition) is 2. The highest BCUT2D eigenvalue weighted by Crippen LogP contribution is 2.25. The van der Waals surface area contributed by atoms with Gasteiger partial charge >= 0.3 is 0 Å². The highest BCUT2D eigenvalue weighted by molar-refractivity contribution is 5.91. The summed E-state index contributed by atoms with van der Waals surface area (Å²) in [6.07, 6.45) is 2.07. The second-order valence-electron chi connectivity index (χ2n) is 8.19. The molecule has 4 aromatic rings. The number of aromatic nitrogens is 4. The third-order valence-corrected chi connectivity index (χ3v) is 4.77. The van der Waals surface area contributed by atoms with Gasteiger partial charge in [-0.1, -0.05) is 50.2 Å². The fraction of sp³-hybridized carbons (Fsp3) is 0.273. The largest absolute Gasteiger partial charge is 0.359 e. The quantitative estimate of drug-likeness (QED) is 0.539. The summed E-state index contributed by atoms with van der Waals surface area (Å²) in [5.41, 5.74) is 4.51. The number of aryl methyl sites for hydroxylation is 1. The lowest BCUT2D eigenvalue weighted by Crippen LogP contribution is -2.14. The van der Waals surface area contributed by atoms with Crippen molar-refractivity contribution < 1.29 is 9.32 Å². The molecule has 0 aliphatic rings. The molecule has 1 aromatic carbocycles. The van der Waals surface area contributed by atoms with Gasteiger partial charge in [0.25, 0.3) is 0 Å². The lowest BCUT2D eigenvalue weighted by molar-refractivity contribution is -0.115. The smallest absolute Gasteiger partial charge is 0.230 e. The maximum atomic E-state index is 12.3. The van der Waals surface area contributed by atoms with Crippen molar-refractivity contribution in [2.45, 2.75) is 39.5 Å². The van der Waals surface area contributed by atoms with Gasteiger partial charge in [0.1, 0.15) is 5.76 Å². The zero-order chi connectivity index (χ0) is 20.6. The van der Waals surface area contributed by atoms with Crippen LogP contribution in [0.5, 0.6) is 0 Å². The first-order valence-electron chi connectivity index (χ1n) is 9.47. The third kappa shape index (κ3) is 4.03. The molecule has 0 atom stereocenters. The molecule has 0 saturated heterocycles. The van der Waals surface area contributed by atoms with Gasteiger partial charge in [0.05, 0.1) is 6.42 Å². The number of rotatable bonds is 4. The van der Waals surface area contributed by atoms with Crippen molar-refractivity contribution in [3.63, 3.8) is 0 Å². The highest BCUT2D eigenvalue weighted by atomic mass is 16.5. The molecule has 0 spiro atoms. The Morgan fingerprint density at radius 2 is 1.90 bits per heavy atom. The molecule has 29 heavy (non-hydrogen) atoms. The number of carbonyl (C=O) groups excluding carboxylic acids is 1. The predicted molar refractivity (Wildman–Crippen MR) is 112 cm³/mol. The van der Waals surface area contributed by atoms with Gasteiger partial charge in [-0.3, -0.25) is 9.89 Å². The number of carbonyl (C=O) groups is 1. The Labute approximate surface area is 168 Å². The summed E-state index contributed by atoms with van der Waals surface area (Å²) >= 11 is 0. The van der Waals surface area contributed by atoms with Crippen LogP contribution >= 0.6 is 0 Å². The predicted octanol–water partition coefficient (Wildman–Crippen LogP) is 4.40. The van der Waals surface area contributed by atoms with Crippen molar-refractivity contribution >= 4 is 22.8 Å². The van der Waals surface area contributed by atoms with Crippen molar-refractivity contribution in [3.8, 4) is 11.1 Å². The zero-order valence-corrected chi connectivity index (χ0v) is 16.9. The number of fused-ring (bicyclic) bond motifs is 1. The molecular weight excluding hydrogens is 366 g/mol. The van der Waals surface area contributed by atoms with Crippen molar-refractivity contribution in [1.82, 2.24) is 20.3 Å². The molecule has 0 saturated carbocycles. The average molecular weight is 389 g/mol. The minimum atomic E-state index is -0.154. The minimum Gasteiger partial charge on any atom is -0.359 e. The van der Waals surface area contributed by atoms with E-state index in [9.17, 15) is 4.79 Å². The summed E-state index contributed by atoms with van der Waals surface area (Å²) in [6.45, 7) is 8.06. The molecule has 3 aromatic heterocycles. The Kier molecular flexibility index (Phi) is 4.66. The highest BCUT2D eigenvalue weighted by Gasteiger charge is 2.20. The van der Waals surface area contributed by atoms with Gasteiger partial charge in [-0.05, 0) is 24.1 Å². The molecule has 7 heteroatoms. The van der Waals surface area contributed by atoms with Crippen molar-refractivity contribution in [2.24, 2.45) is 0 Å². The van der Waals surface area contributed by atoms with E-state index in [1.807, 2.05) is 58.2 Å². The van der Waals surface area contributed by atoms with Gasteiger partial charge < -0.3 is 9.84 Å². The SMILES string of the molecule is Cc1[nH]nc2ncc(-c3ccc(CC(=O)Nc4cc(C(C)(C)C)on4)cc3)cc12. The van der Waals surface area contributed by atoms with Crippen LogP contribution in [0, 0.1) is 6.92 Å². The van der Waals surface area contributed by atoms with Crippen molar-refractivity contribution in [1.29, 1.82) is 0 Å². The third-order valence-electron chi connectivity index (χ3n) is 4.77. The molecule has 0 fully saturated rings. The Morgan fingerprint density at radius 1 is 1.14 bits per heavy atom. The summed E-state index contributed by atoms with van der Waals surface area (Å²) in [6, 6.07) is 11.7. The molecular formula is C22H23N5O2.